The summed E-state index contributed by atoms with van der Waals surface area (Å²) in [5, 5.41) is 12.4. The smallest absolute Gasteiger partial charge is 0.184 e. The van der Waals surface area contributed by atoms with Gasteiger partial charge >= 0.3 is 0 Å². The molecule has 0 aromatic carbocycles. The van der Waals surface area contributed by atoms with Crippen molar-refractivity contribution in [2.45, 2.75) is 0 Å². The second-order valence-electron chi connectivity index (χ2n) is 2.55. The second kappa shape index (κ2) is 6.19. The fourth-order valence-corrected chi connectivity index (χ4v) is 2.44. The van der Waals surface area contributed by atoms with Gasteiger partial charge in [-0.1, -0.05) is 6.58 Å². The van der Waals surface area contributed by atoms with Crippen molar-refractivity contribution in [1.29, 1.82) is 5.26 Å². The molecule has 0 aromatic heterocycles. The highest BCUT2D eigenvalue weighted by molar-refractivity contribution is 8.03. The van der Waals surface area contributed by atoms with Crippen molar-refractivity contribution in [1.82, 2.24) is 10.2 Å². The van der Waals surface area contributed by atoms with E-state index in [4.69, 9.17) is 5.26 Å². The minimum absolute atomic E-state index is 0.833. The topological polar surface area (TPSA) is 39.1 Å². The van der Waals surface area contributed by atoms with Crippen LogP contribution in [0, 0.1) is 11.5 Å². The van der Waals surface area contributed by atoms with E-state index < -0.39 is 0 Å². The Kier molecular flexibility index (Phi) is 5.13. The summed E-state index contributed by atoms with van der Waals surface area (Å²) in [4.78, 5) is 1.60. The highest BCUT2D eigenvalue weighted by Crippen LogP contribution is 2.23. The molecule has 0 unspecified atom stereocenters. The number of hydrogen-bond acceptors (Lipinski definition) is 5. The van der Waals surface area contributed by atoms with Crippen molar-refractivity contribution in [3.8, 4) is 6.19 Å². The van der Waals surface area contributed by atoms with Gasteiger partial charge < -0.3 is 5.32 Å². The zero-order chi connectivity index (χ0) is 9.52. The van der Waals surface area contributed by atoms with E-state index in [1.807, 2.05) is 18.0 Å². The lowest BCUT2D eigenvalue weighted by Gasteiger charge is -2.02. The molecule has 2 aliphatic rings. The molecule has 2 fully saturated rings. The number of nitrogens with one attached hydrogen (secondary N) is 1. The second-order valence-corrected chi connectivity index (χ2v) is 4.82. The zero-order valence-corrected chi connectivity index (χ0v) is 9.09. The predicted molar refractivity (Wildman–Crippen MR) is 59.2 cm³/mol. The number of thioether (sulfide) groups is 2. The zero-order valence-electron chi connectivity index (χ0n) is 7.45. The molecule has 2 rings (SSSR count). The summed E-state index contributed by atoms with van der Waals surface area (Å²) in [7, 11) is 0. The van der Waals surface area contributed by atoms with Crippen LogP contribution in [0.3, 0.4) is 0 Å². The summed E-state index contributed by atoms with van der Waals surface area (Å²) in [6.45, 7) is 5.72. The summed E-state index contributed by atoms with van der Waals surface area (Å²) in [6, 6.07) is 0. The monoisotopic (exact) mass is 215 g/mol. The summed E-state index contributed by atoms with van der Waals surface area (Å²) in [5.41, 5.74) is 0. The number of nitriles is 1. The Hall–Kier alpha value is -0.310. The van der Waals surface area contributed by atoms with E-state index in [1.54, 1.807) is 16.7 Å². The maximum absolute atomic E-state index is 8.34. The average molecular weight is 215 g/mol. The summed E-state index contributed by atoms with van der Waals surface area (Å²) >= 11 is 3.60. The Morgan fingerprint density at radius 2 is 2.38 bits per heavy atom. The highest BCUT2D eigenvalue weighted by atomic mass is 32.2. The molecule has 0 bridgehead atoms. The maximum atomic E-state index is 8.34. The largest absolute Gasteiger partial charge is 0.307 e. The van der Waals surface area contributed by atoms with Gasteiger partial charge in [0.1, 0.15) is 0 Å². The first-order valence-corrected chi connectivity index (χ1v) is 6.26. The Labute approximate surface area is 87.5 Å². The van der Waals surface area contributed by atoms with Gasteiger partial charge in [-0.2, -0.15) is 5.26 Å². The van der Waals surface area contributed by atoms with Crippen molar-refractivity contribution in [2.24, 2.45) is 0 Å². The van der Waals surface area contributed by atoms with Gasteiger partial charge in [0.15, 0.2) is 6.19 Å². The SMILES string of the molecule is C1CSCN1.C=C1SCCN1C#N. The molecule has 72 valence electrons. The van der Waals surface area contributed by atoms with E-state index in [9.17, 15) is 0 Å². The molecule has 5 heteroatoms. The molecule has 0 spiro atoms. The van der Waals surface area contributed by atoms with Gasteiger partial charge in [-0.3, -0.25) is 4.90 Å². The first-order valence-electron chi connectivity index (χ1n) is 4.12. The summed E-state index contributed by atoms with van der Waals surface area (Å²) < 4.78 is 0. The minimum Gasteiger partial charge on any atom is -0.307 e. The lowest BCUT2D eigenvalue weighted by molar-refractivity contribution is 0.569. The molecule has 1 N–H and O–H groups in total. The van der Waals surface area contributed by atoms with Crippen molar-refractivity contribution >= 4 is 23.5 Å². The third-order valence-corrected chi connectivity index (χ3v) is 3.47. The molecular formula is C8H13N3S2. The summed E-state index contributed by atoms with van der Waals surface area (Å²) in [5.74, 6) is 3.48. The Balaban J connectivity index is 0.000000145. The summed E-state index contributed by atoms with van der Waals surface area (Å²) in [6.07, 6.45) is 2.03. The van der Waals surface area contributed by atoms with Crippen LogP contribution in [-0.2, 0) is 0 Å². The van der Waals surface area contributed by atoms with Crippen molar-refractivity contribution < 1.29 is 0 Å². The van der Waals surface area contributed by atoms with Crippen molar-refractivity contribution in [3.63, 3.8) is 0 Å². The maximum Gasteiger partial charge on any atom is 0.184 e. The lowest BCUT2D eigenvalue weighted by Crippen LogP contribution is -2.08. The molecule has 0 aromatic rings. The average Bonchev–Trinajstić information content (AvgIpc) is 2.76. The molecule has 3 nitrogen and oxygen atoms in total. The molecular weight excluding hydrogens is 202 g/mol. The van der Waals surface area contributed by atoms with Gasteiger partial charge in [0.05, 0.1) is 5.03 Å². The van der Waals surface area contributed by atoms with E-state index in [0.717, 1.165) is 17.3 Å². The van der Waals surface area contributed by atoms with Gasteiger partial charge in [-0.15, -0.1) is 23.5 Å². The fourth-order valence-electron chi connectivity index (χ4n) is 0.924. The van der Waals surface area contributed by atoms with Gasteiger partial charge in [0.2, 0.25) is 0 Å². The van der Waals surface area contributed by atoms with Gasteiger partial charge in [0, 0.05) is 30.5 Å². The fraction of sp³-hybridized carbons (Fsp3) is 0.625. The van der Waals surface area contributed by atoms with Gasteiger partial charge in [0.25, 0.3) is 0 Å². The number of nitrogens with zero attached hydrogens (tertiary/aromatic N) is 2. The first kappa shape index (κ1) is 10.8. The van der Waals surface area contributed by atoms with E-state index in [0.29, 0.717) is 0 Å². The quantitative estimate of drug-likeness (QED) is 0.616. The molecule has 2 saturated heterocycles. The minimum atomic E-state index is 0.833. The van der Waals surface area contributed by atoms with Crippen LogP contribution in [0.1, 0.15) is 0 Å². The third-order valence-electron chi connectivity index (χ3n) is 1.63. The Morgan fingerprint density at radius 1 is 1.54 bits per heavy atom. The van der Waals surface area contributed by atoms with Crippen molar-refractivity contribution in [2.75, 3.05) is 30.5 Å². The van der Waals surface area contributed by atoms with Crippen LogP contribution in [-0.4, -0.2) is 35.4 Å². The van der Waals surface area contributed by atoms with Crippen LogP contribution < -0.4 is 5.32 Å². The van der Waals surface area contributed by atoms with E-state index in [2.05, 4.69) is 11.9 Å². The molecule has 0 atom stereocenters. The number of rotatable bonds is 0. The molecule has 2 aliphatic heterocycles. The van der Waals surface area contributed by atoms with E-state index in [-0.39, 0.29) is 0 Å². The first-order chi connectivity index (χ1) is 6.34. The van der Waals surface area contributed by atoms with Crippen LogP contribution in [0.2, 0.25) is 0 Å². The molecule has 0 amide bonds. The molecule has 2 heterocycles. The van der Waals surface area contributed by atoms with E-state index >= 15 is 0 Å². The number of hydrogen-bond donors (Lipinski definition) is 1. The lowest BCUT2D eigenvalue weighted by atomic mass is 10.6. The van der Waals surface area contributed by atoms with Gasteiger partial charge in [-0.05, 0) is 0 Å². The van der Waals surface area contributed by atoms with Crippen LogP contribution in [0.5, 0.6) is 0 Å². The van der Waals surface area contributed by atoms with Crippen LogP contribution in [0.25, 0.3) is 0 Å². The predicted octanol–water partition coefficient (Wildman–Crippen LogP) is 1.27. The van der Waals surface area contributed by atoms with Crippen LogP contribution >= 0.6 is 23.5 Å². The molecule has 13 heavy (non-hydrogen) atoms. The molecule has 0 saturated carbocycles. The Morgan fingerprint density at radius 3 is 2.62 bits per heavy atom. The van der Waals surface area contributed by atoms with E-state index in [1.165, 1.54) is 18.2 Å². The van der Waals surface area contributed by atoms with Gasteiger partial charge in [-0.25, -0.2) is 0 Å². The highest BCUT2D eigenvalue weighted by Gasteiger charge is 2.13. The standard InChI is InChI=1S/C5H6N2S.C3H7NS/c1-5-7(4-6)2-3-8-5;1-2-5-3-4-1/h1-3H2;4H,1-3H2. The van der Waals surface area contributed by atoms with Crippen LogP contribution in [0.15, 0.2) is 11.6 Å². The van der Waals surface area contributed by atoms with Crippen LogP contribution in [0.4, 0.5) is 0 Å². The molecule has 0 aliphatic carbocycles. The van der Waals surface area contributed by atoms with Crippen molar-refractivity contribution in [3.05, 3.63) is 11.6 Å². The third kappa shape index (κ3) is 3.94. The Bertz CT molecular complexity index is 200. The normalized spacial score (nSPS) is 20.8. The molecule has 0 radical (unpaired) electrons.